The van der Waals surface area contributed by atoms with E-state index >= 15 is 0 Å². The Balaban J connectivity index is 2.03. The van der Waals surface area contributed by atoms with Gasteiger partial charge in [0.05, 0.1) is 4.92 Å². The van der Waals surface area contributed by atoms with Crippen molar-refractivity contribution in [2.75, 3.05) is 0 Å². The van der Waals surface area contributed by atoms with Crippen molar-refractivity contribution >= 4 is 17.5 Å². The zero-order valence-electron chi connectivity index (χ0n) is 13.5. The second kappa shape index (κ2) is 5.97. The second-order valence-electron chi connectivity index (χ2n) is 5.64. The maximum Gasteiger partial charge on any atom is 0.270 e. The summed E-state index contributed by atoms with van der Waals surface area (Å²) in [5.41, 5.74) is -0.507. The van der Waals surface area contributed by atoms with Gasteiger partial charge in [-0.05, 0) is 18.2 Å². The Morgan fingerprint density at radius 3 is 2.56 bits per heavy atom. The van der Waals surface area contributed by atoms with E-state index < -0.39 is 16.5 Å². The summed E-state index contributed by atoms with van der Waals surface area (Å²) in [5, 5.41) is 16.3. The third-order valence-corrected chi connectivity index (χ3v) is 3.87. The molecule has 1 aliphatic heterocycles. The van der Waals surface area contributed by atoms with Gasteiger partial charge in [-0.1, -0.05) is 18.2 Å². The largest absolute Gasteiger partial charge is 0.443 e. The first-order valence-electron chi connectivity index (χ1n) is 7.40. The van der Waals surface area contributed by atoms with Crippen molar-refractivity contribution in [3.63, 3.8) is 0 Å². The van der Waals surface area contributed by atoms with Crippen molar-refractivity contribution < 1.29 is 18.8 Å². The number of ether oxygens (including phenoxy) is 1. The molecule has 7 nitrogen and oxygen atoms in total. The molecule has 0 radical (unpaired) electrons. The summed E-state index contributed by atoms with van der Waals surface area (Å²) < 4.78 is 19.1. The van der Waals surface area contributed by atoms with Crippen molar-refractivity contribution in [1.29, 1.82) is 0 Å². The maximum atomic E-state index is 13.2. The fourth-order valence-corrected chi connectivity index (χ4v) is 2.62. The maximum absolute atomic E-state index is 13.2. The molecule has 0 saturated carbocycles. The van der Waals surface area contributed by atoms with Crippen LogP contribution in [0, 0.1) is 15.9 Å². The highest BCUT2D eigenvalue weighted by Crippen LogP contribution is 2.36. The van der Waals surface area contributed by atoms with Crippen LogP contribution >= 0.6 is 0 Å². The molecule has 2 aromatic rings. The highest BCUT2D eigenvalue weighted by atomic mass is 19.1. The number of halogens is 1. The molecule has 1 unspecified atom stereocenters. The van der Waals surface area contributed by atoms with E-state index in [-0.39, 0.29) is 17.5 Å². The first kappa shape index (κ1) is 16.6. The fraction of sp³-hybridized carbons (Fsp3) is 0.176. The zero-order valence-corrected chi connectivity index (χ0v) is 13.5. The van der Waals surface area contributed by atoms with Crippen LogP contribution in [0.5, 0.6) is 0 Å². The quantitative estimate of drug-likeness (QED) is 0.633. The number of nitro groups is 1. The zero-order chi connectivity index (χ0) is 18.2. The number of nitro benzene ring substituents is 1. The first-order chi connectivity index (χ1) is 11.8. The third-order valence-electron chi connectivity index (χ3n) is 3.87. The molecule has 128 valence electrons. The van der Waals surface area contributed by atoms with Gasteiger partial charge in [-0.2, -0.15) is 5.01 Å². The molecular formula is C17H14FN3O4. The SMILES string of the molecule is CC(=O)N1N=C(c2cccc([N+](=O)[O-])c2)OC1(C)c1ccc(F)cc1. The lowest BCUT2D eigenvalue weighted by molar-refractivity contribution is -0.384. The number of carbonyl (C=O) groups excluding carboxylic acids is 1. The molecule has 8 heteroatoms. The number of nitrogens with zero attached hydrogens (tertiary/aromatic N) is 3. The lowest BCUT2D eigenvalue weighted by Crippen LogP contribution is -2.41. The summed E-state index contributed by atoms with van der Waals surface area (Å²) >= 11 is 0. The fourth-order valence-electron chi connectivity index (χ4n) is 2.62. The molecular weight excluding hydrogens is 329 g/mol. The van der Waals surface area contributed by atoms with E-state index in [1.807, 2.05) is 0 Å². The Hall–Kier alpha value is -3.29. The number of carbonyl (C=O) groups is 1. The Labute approximate surface area is 142 Å². The number of benzene rings is 2. The number of hydrazone groups is 1. The van der Waals surface area contributed by atoms with Gasteiger partial charge in [0.2, 0.25) is 17.5 Å². The lowest BCUT2D eigenvalue weighted by atomic mass is 10.0. The first-order valence-corrected chi connectivity index (χ1v) is 7.40. The van der Waals surface area contributed by atoms with Crippen LogP contribution in [-0.2, 0) is 15.3 Å². The van der Waals surface area contributed by atoms with Gasteiger partial charge in [-0.15, -0.1) is 5.10 Å². The van der Waals surface area contributed by atoms with Crippen molar-refractivity contribution in [2.45, 2.75) is 19.6 Å². The van der Waals surface area contributed by atoms with Gasteiger partial charge < -0.3 is 4.74 Å². The van der Waals surface area contributed by atoms with Gasteiger partial charge in [-0.3, -0.25) is 14.9 Å². The standard InChI is InChI=1S/C17H14FN3O4/c1-11(22)20-17(2,13-6-8-14(18)9-7-13)25-16(19-20)12-4-3-5-15(10-12)21(23)24/h3-10H,1-2H3. The van der Waals surface area contributed by atoms with E-state index in [0.717, 1.165) is 5.01 Å². The summed E-state index contributed by atoms with van der Waals surface area (Å²) in [6.07, 6.45) is 0. The number of amides is 1. The van der Waals surface area contributed by atoms with E-state index in [0.29, 0.717) is 11.1 Å². The number of non-ortho nitro benzene ring substituents is 1. The number of hydrogen-bond acceptors (Lipinski definition) is 5. The van der Waals surface area contributed by atoms with Crippen LogP contribution < -0.4 is 0 Å². The highest BCUT2D eigenvalue weighted by molar-refractivity contribution is 5.97. The summed E-state index contributed by atoms with van der Waals surface area (Å²) in [4.78, 5) is 22.4. The molecule has 0 aromatic heterocycles. The van der Waals surface area contributed by atoms with E-state index in [4.69, 9.17) is 4.74 Å². The Morgan fingerprint density at radius 1 is 1.28 bits per heavy atom. The minimum Gasteiger partial charge on any atom is -0.443 e. The molecule has 1 heterocycles. The van der Waals surface area contributed by atoms with Crippen molar-refractivity contribution in [3.8, 4) is 0 Å². The number of rotatable bonds is 3. The van der Waals surface area contributed by atoms with Crippen LogP contribution in [0.3, 0.4) is 0 Å². The van der Waals surface area contributed by atoms with Gasteiger partial charge in [0.25, 0.3) is 5.69 Å². The molecule has 3 rings (SSSR count). The summed E-state index contributed by atoms with van der Waals surface area (Å²) in [7, 11) is 0. The van der Waals surface area contributed by atoms with Gasteiger partial charge in [-0.25, -0.2) is 4.39 Å². The number of hydrogen-bond donors (Lipinski definition) is 0. The topological polar surface area (TPSA) is 85.0 Å². The van der Waals surface area contributed by atoms with Crippen molar-refractivity contribution in [2.24, 2.45) is 5.10 Å². The summed E-state index contributed by atoms with van der Waals surface area (Å²) in [6, 6.07) is 11.3. The van der Waals surface area contributed by atoms with Crippen LogP contribution in [0.2, 0.25) is 0 Å². The average Bonchev–Trinajstić information content (AvgIpc) is 2.95. The molecule has 1 atom stereocenters. The molecule has 0 saturated heterocycles. The normalized spacial score (nSPS) is 19.3. The van der Waals surface area contributed by atoms with Gasteiger partial charge in [0.1, 0.15) is 5.82 Å². The molecule has 1 amide bonds. The van der Waals surface area contributed by atoms with Crippen molar-refractivity contribution in [1.82, 2.24) is 5.01 Å². The molecule has 25 heavy (non-hydrogen) atoms. The molecule has 0 aliphatic carbocycles. The van der Waals surface area contributed by atoms with Crippen LogP contribution in [-0.4, -0.2) is 21.7 Å². The summed E-state index contributed by atoms with van der Waals surface area (Å²) in [5.74, 6) is -0.725. The highest BCUT2D eigenvalue weighted by Gasteiger charge is 2.45. The van der Waals surface area contributed by atoms with Crippen LogP contribution in [0.4, 0.5) is 10.1 Å². The van der Waals surface area contributed by atoms with E-state index in [2.05, 4.69) is 5.10 Å². The van der Waals surface area contributed by atoms with E-state index in [1.54, 1.807) is 13.0 Å². The van der Waals surface area contributed by atoms with Gasteiger partial charge >= 0.3 is 0 Å². The predicted molar refractivity (Wildman–Crippen MR) is 87.0 cm³/mol. The minimum atomic E-state index is -1.28. The molecule has 0 fully saturated rings. The van der Waals surface area contributed by atoms with Crippen LogP contribution in [0.1, 0.15) is 25.0 Å². The second-order valence-corrected chi connectivity index (χ2v) is 5.64. The average molecular weight is 343 g/mol. The summed E-state index contributed by atoms with van der Waals surface area (Å²) in [6.45, 7) is 2.94. The minimum absolute atomic E-state index is 0.0747. The lowest BCUT2D eigenvalue weighted by Gasteiger charge is -2.31. The predicted octanol–water partition coefficient (Wildman–Crippen LogP) is 3.15. The van der Waals surface area contributed by atoms with E-state index in [9.17, 15) is 19.3 Å². The monoisotopic (exact) mass is 343 g/mol. The third kappa shape index (κ3) is 2.93. The van der Waals surface area contributed by atoms with Gasteiger partial charge in [0.15, 0.2) is 0 Å². The molecule has 2 aromatic carbocycles. The van der Waals surface area contributed by atoms with Crippen molar-refractivity contribution in [3.05, 3.63) is 75.6 Å². The molecule has 1 aliphatic rings. The molecule has 0 bridgehead atoms. The molecule has 0 spiro atoms. The van der Waals surface area contributed by atoms with Crippen LogP contribution in [0.15, 0.2) is 53.6 Å². The molecule has 0 N–H and O–H groups in total. The smallest absolute Gasteiger partial charge is 0.270 e. The Kier molecular flexibility index (Phi) is 3.96. The van der Waals surface area contributed by atoms with Crippen LogP contribution in [0.25, 0.3) is 0 Å². The Morgan fingerprint density at radius 2 is 1.96 bits per heavy atom. The Bertz CT molecular complexity index is 882. The van der Waals surface area contributed by atoms with Gasteiger partial charge in [0, 0.05) is 37.1 Å². The van der Waals surface area contributed by atoms with E-state index in [1.165, 1.54) is 49.4 Å².